The lowest BCUT2D eigenvalue weighted by Crippen LogP contribution is -2.59. The van der Waals surface area contributed by atoms with Crippen LogP contribution < -0.4 is 0 Å². The van der Waals surface area contributed by atoms with E-state index in [0.717, 1.165) is 12.8 Å². The van der Waals surface area contributed by atoms with Gasteiger partial charge in [-0.05, 0) is 6.42 Å². The molecule has 1 saturated heterocycles. The van der Waals surface area contributed by atoms with Crippen molar-refractivity contribution in [1.82, 2.24) is 0 Å². The quantitative estimate of drug-likeness (QED) is 0.188. The van der Waals surface area contributed by atoms with E-state index < -0.39 is 43.3 Å². The van der Waals surface area contributed by atoms with Crippen LogP contribution in [0.1, 0.15) is 110 Å². The van der Waals surface area contributed by atoms with Crippen molar-refractivity contribution >= 4 is 5.97 Å². The van der Waals surface area contributed by atoms with Gasteiger partial charge in [-0.25, -0.2) is 0 Å². The molecule has 1 aliphatic heterocycles. The van der Waals surface area contributed by atoms with Gasteiger partial charge in [-0.3, -0.25) is 4.79 Å². The number of hydrogen-bond donors (Lipinski definition) is 4. The normalized spacial score (nSPS) is 26.2. The van der Waals surface area contributed by atoms with E-state index in [-0.39, 0.29) is 6.42 Å². The van der Waals surface area contributed by atoms with Crippen molar-refractivity contribution in [2.24, 2.45) is 0 Å². The maximum absolute atomic E-state index is 12.0. The molecule has 0 saturated carbocycles. The Morgan fingerprint density at radius 1 is 0.742 bits per heavy atom. The largest absolute Gasteiger partial charge is 0.456 e. The van der Waals surface area contributed by atoms with Gasteiger partial charge < -0.3 is 29.9 Å². The SMILES string of the molecule is CCCCCCCCCCCCCCCCCC(=O)O[C@H]1[C@H](O)[C@@H](CO)OC(O)[C@@H]1O. The Morgan fingerprint density at radius 2 is 1.19 bits per heavy atom. The monoisotopic (exact) mass is 446 g/mol. The third-order valence-electron chi connectivity index (χ3n) is 6.09. The standard InChI is InChI=1S/C24H46O7/c1-2-3-4-5-6-7-8-9-10-11-12-13-14-15-16-17-20(26)31-23-21(27)19(18-25)30-24(29)22(23)28/h19,21-25,27-29H,2-18H2,1H3/t19-,21-,22-,23+,24?/m1/s1. The number of unbranched alkanes of at least 4 members (excludes halogenated alkanes) is 14. The fourth-order valence-corrected chi connectivity index (χ4v) is 4.06. The number of rotatable bonds is 18. The average molecular weight is 447 g/mol. The number of carbonyl (C=O) groups excluding carboxylic acids is 1. The molecule has 5 atom stereocenters. The Labute approximate surface area is 188 Å². The highest BCUT2D eigenvalue weighted by atomic mass is 16.7. The molecular weight excluding hydrogens is 400 g/mol. The third-order valence-corrected chi connectivity index (χ3v) is 6.09. The summed E-state index contributed by atoms with van der Waals surface area (Å²) in [7, 11) is 0. The molecule has 1 unspecified atom stereocenters. The summed E-state index contributed by atoms with van der Waals surface area (Å²) in [5.41, 5.74) is 0. The van der Waals surface area contributed by atoms with Crippen LogP contribution in [0.5, 0.6) is 0 Å². The lowest BCUT2D eigenvalue weighted by Gasteiger charge is -2.39. The summed E-state index contributed by atoms with van der Waals surface area (Å²) in [6.07, 6.45) is 11.9. The van der Waals surface area contributed by atoms with E-state index in [1.807, 2.05) is 0 Å². The van der Waals surface area contributed by atoms with Crippen LogP contribution in [-0.2, 0) is 14.3 Å². The molecule has 1 aliphatic rings. The Morgan fingerprint density at radius 3 is 1.65 bits per heavy atom. The summed E-state index contributed by atoms with van der Waals surface area (Å²) in [6.45, 7) is 1.71. The van der Waals surface area contributed by atoms with Gasteiger partial charge in [-0.2, -0.15) is 0 Å². The van der Waals surface area contributed by atoms with Crippen LogP contribution in [0.2, 0.25) is 0 Å². The number of aliphatic hydroxyl groups is 4. The second-order valence-electron chi connectivity index (χ2n) is 8.88. The van der Waals surface area contributed by atoms with E-state index in [1.165, 1.54) is 77.0 Å². The minimum atomic E-state index is -1.61. The summed E-state index contributed by atoms with van der Waals surface area (Å²) in [4.78, 5) is 12.0. The first-order chi connectivity index (χ1) is 15.0. The first-order valence-corrected chi connectivity index (χ1v) is 12.5. The van der Waals surface area contributed by atoms with Gasteiger partial charge in [0, 0.05) is 6.42 Å². The fraction of sp³-hybridized carbons (Fsp3) is 0.958. The molecule has 0 spiro atoms. The van der Waals surface area contributed by atoms with Gasteiger partial charge in [-0.1, -0.05) is 96.8 Å². The zero-order valence-electron chi connectivity index (χ0n) is 19.4. The van der Waals surface area contributed by atoms with Gasteiger partial charge >= 0.3 is 5.97 Å². The van der Waals surface area contributed by atoms with Crippen molar-refractivity contribution in [3.05, 3.63) is 0 Å². The number of ether oxygens (including phenoxy) is 2. The van der Waals surface area contributed by atoms with E-state index >= 15 is 0 Å². The molecule has 0 aromatic carbocycles. The van der Waals surface area contributed by atoms with E-state index in [4.69, 9.17) is 14.6 Å². The van der Waals surface area contributed by atoms with Gasteiger partial charge in [0.25, 0.3) is 0 Å². The summed E-state index contributed by atoms with van der Waals surface area (Å²) < 4.78 is 10.0. The van der Waals surface area contributed by atoms with E-state index in [9.17, 15) is 20.1 Å². The predicted octanol–water partition coefficient (Wildman–Crippen LogP) is 3.59. The Kier molecular flexibility index (Phi) is 16.2. The molecule has 7 heteroatoms. The number of hydrogen-bond acceptors (Lipinski definition) is 7. The second kappa shape index (κ2) is 17.8. The van der Waals surface area contributed by atoms with Gasteiger partial charge in [0.2, 0.25) is 0 Å². The highest BCUT2D eigenvalue weighted by Gasteiger charge is 2.45. The summed E-state index contributed by atoms with van der Waals surface area (Å²) in [5.74, 6) is -0.524. The molecule has 0 radical (unpaired) electrons. The van der Waals surface area contributed by atoms with Crippen LogP contribution >= 0.6 is 0 Å². The molecule has 184 valence electrons. The van der Waals surface area contributed by atoms with Gasteiger partial charge in [0.15, 0.2) is 12.4 Å². The number of aliphatic hydroxyl groups excluding tert-OH is 4. The fourth-order valence-electron chi connectivity index (χ4n) is 4.06. The predicted molar refractivity (Wildman–Crippen MR) is 119 cm³/mol. The Hall–Kier alpha value is -0.730. The molecule has 0 aromatic rings. The first kappa shape index (κ1) is 28.3. The summed E-state index contributed by atoms with van der Waals surface area (Å²) in [5, 5.41) is 38.7. The second-order valence-corrected chi connectivity index (χ2v) is 8.88. The minimum Gasteiger partial charge on any atom is -0.456 e. The van der Waals surface area contributed by atoms with Crippen molar-refractivity contribution in [2.75, 3.05) is 6.61 Å². The minimum absolute atomic E-state index is 0.203. The maximum atomic E-state index is 12.0. The average Bonchev–Trinajstić information content (AvgIpc) is 2.76. The van der Waals surface area contributed by atoms with Crippen LogP contribution in [0, 0.1) is 0 Å². The molecule has 1 fully saturated rings. The molecule has 0 aromatic heterocycles. The smallest absolute Gasteiger partial charge is 0.306 e. The van der Waals surface area contributed by atoms with Crippen LogP contribution in [0.25, 0.3) is 0 Å². The topological polar surface area (TPSA) is 116 Å². The summed E-state index contributed by atoms with van der Waals surface area (Å²) >= 11 is 0. The van der Waals surface area contributed by atoms with E-state index in [0.29, 0.717) is 6.42 Å². The number of carbonyl (C=O) groups is 1. The maximum Gasteiger partial charge on any atom is 0.306 e. The summed E-state index contributed by atoms with van der Waals surface area (Å²) in [6, 6.07) is 0. The molecule has 0 amide bonds. The highest BCUT2D eigenvalue weighted by Crippen LogP contribution is 2.23. The lowest BCUT2D eigenvalue weighted by atomic mass is 9.99. The van der Waals surface area contributed by atoms with Crippen molar-refractivity contribution in [2.45, 2.75) is 140 Å². The molecule has 0 bridgehead atoms. The Balaban J connectivity index is 1.97. The first-order valence-electron chi connectivity index (χ1n) is 12.5. The van der Waals surface area contributed by atoms with Crippen LogP contribution in [0.4, 0.5) is 0 Å². The van der Waals surface area contributed by atoms with Crippen molar-refractivity contribution in [1.29, 1.82) is 0 Å². The van der Waals surface area contributed by atoms with Gasteiger partial charge in [0.1, 0.15) is 18.3 Å². The molecule has 0 aliphatic carbocycles. The molecular formula is C24H46O7. The zero-order chi connectivity index (χ0) is 22.9. The van der Waals surface area contributed by atoms with Crippen LogP contribution in [0.3, 0.4) is 0 Å². The van der Waals surface area contributed by atoms with Crippen molar-refractivity contribution < 1.29 is 34.7 Å². The van der Waals surface area contributed by atoms with E-state index in [2.05, 4.69) is 6.92 Å². The van der Waals surface area contributed by atoms with Crippen LogP contribution in [-0.4, -0.2) is 63.7 Å². The number of esters is 1. The lowest BCUT2D eigenvalue weighted by molar-refractivity contribution is -0.289. The molecule has 4 N–H and O–H groups in total. The Bertz CT molecular complexity index is 446. The highest BCUT2D eigenvalue weighted by molar-refractivity contribution is 5.69. The van der Waals surface area contributed by atoms with Crippen molar-refractivity contribution in [3.63, 3.8) is 0 Å². The van der Waals surface area contributed by atoms with Crippen molar-refractivity contribution in [3.8, 4) is 0 Å². The van der Waals surface area contributed by atoms with E-state index in [1.54, 1.807) is 0 Å². The third kappa shape index (κ3) is 12.2. The van der Waals surface area contributed by atoms with Gasteiger partial charge in [0.05, 0.1) is 6.61 Å². The molecule has 1 heterocycles. The zero-order valence-corrected chi connectivity index (χ0v) is 19.4. The van der Waals surface area contributed by atoms with Crippen LogP contribution in [0.15, 0.2) is 0 Å². The van der Waals surface area contributed by atoms with Gasteiger partial charge in [-0.15, -0.1) is 0 Å². The molecule has 7 nitrogen and oxygen atoms in total. The molecule has 1 rings (SSSR count). The molecule has 31 heavy (non-hydrogen) atoms.